The van der Waals surface area contributed by atoms with Crippen molar-refractivity contribution in [3.63, 3.8) is 0 Å². The molecule has 0 atom stereocenters. The molecule has 27 heavy (non-hydrogen) atoms. The van der Waals surface area contributed by atoms with Gasteiger partial charge in [-0.1, -0.05) is 30.7 Å². The fourth-order valence-corrected chi connectivity index (χ4v) is 3.89. The number of rotatable bonds is 7. The Hall–Kier alpha value is -2.00. The zero-order valence-corrected chi connectivity index (χ0v) is 16.7. The Kier molecular flexibility index (Phi) is 7.17. The summed E-state index contributed by atoms with van der Waals surface area (Å²) in [6.45, 7) is 2.88. The summed E-state index contributed by atoms with van der Waals surface area (Å²) in [7, 11) is 0. The van der Waals surface area contributed by atoms with E-state index < -0.39 is 0 Å². The lowest BCUT2D eigenvalue weighted by molar-refractivity contribution is -0.117. The maximum absolute atomic E-state index is 12.3. The van der Waals surface area contributed by atoms with Gasteiger partial charge in [-0.15, -0.1) is 0 Å². The summed E-state index contributed by atoms with van der Waals surface area (Å²) in [5.74, 6) is 2.12. The molecule has 0 saturated heterocycles. The van der Waals surface area contributed by atoms with Gasteiger partial charge in [0.1, 0.15) is 5.75 Å². The zero-order chi connectivity index (χ0) is 19.1. The highest BCUT2D eigenvalue weighted by atomic mass is 35.5. The van der Waals surface area contributed by atoms with E-state index in [1.165, 1.54) is 5.56 Å². The lowest BCUT2D eigenvalue weighted by Gasteiger charge is -2.28. The molecule has 1 aliphatic carbocycles. The molecule has 144 valence electrons. The van der Waals surface area contributed by atoms with E-state index in [4.69, 9.17) is 16.3 Å². The molecule has 0 aliphatic heterocycles. The minimum atomic E-state index is 0.0956. The Morgan fingerprint density at radius 1 is 1.04 bits per heavy atom. The summed E-state index contributed by atoms with van der Waals surface area (Å²) in [6, 6.07) is 15.8. The molecule has 0 bridgehead atoms. The number of carbonyl (C=O) groups excluding carboxylic acids is 1. The third-order valence-electron chi connectivity index (χ3n) is 5.27. The van der Waals surface area contributed by atoms with E-state index >= 15 is 0 Å². The molecule has 3 nitrogen and oxygen atoms in total. The minimum absolute atomic E-state index is 0.0956. The van der Waals surface area contributed by atoms with Gasteiger partial charge in [-0.05, 0) is 85.9 Å². The van der Waals surface area contributed by atoms with E-state index in [2.05, 4.69) is 36.5 Å². The Balaban J connectivity index is 1.44. The lowest BCUT2D eigenvalue weighted by atomic mass is 9.77. The third kappa shape index (κ3) is 6.00. The van der Waals surface area contributed by atoms with Gasteiger partial charge < -0.3 is 10.1 Å². The number of carbonyl (C=O) groups is 1. The van der Waals surface area contributed by atoms with Gasteiger partial charge >= 0.3 is 0 Å². The van der Waals surface area contributed by atoms with Gasteiger partial charge in [-0.25, -0.2) is 0 Å². The number of amides is 1. The quantitative estimate of drug-likeness (QED) is 0.596. The fourth-order valence-electron chi connectivity index (χ4n) is 3.76. The molecule has 1 fully saturated rings. The second kappa shape index (κ2) is 9.80. The first kappa shape index (κ1) is 19.8. The van der Waals surface area contributed by atoms with E-state index in [9.17, 15) is 4.79 Å². The Bertz CT molecular complexity index is 719. The number of halogens is 1. The molecule has 4 heteroatoms. The number of anilines is 1. The van der Waals surface area contributed by atoms with Crippen LogP contribution in [0.1, 0.15) is 56.9 Å². The van der Waals surface area contributed by atoms with Crippen LogP contribution in [0.4, 0.5) is 5.69 Å². The summed E-state index contributed by atoms with van der Waals surface area (Å²) in [6.07, 6.45) is 6.12. The molecule has 1 amide bonds. The second-order valence-corrected chi connectivity index (χ2v) is 7.83. The van der Waals surface area contributed by atoms with E-state index in [1.54, 1.807) is 12.1 Å². The minimum Gasteiger partial charge on any atom is -0.494 e. The van der Waals surface area contributed by atoms with Crippen molar-refractivity contribution >= 4 is 23.2 Å². The molecule has 1 aliphatic rings. The number of benzene rings is 2. The normalized spacial score (nSPS) is 19.5. The molecular formula is C23H28ClNO2. The average Bonchev–Trinajstić information content (AvgIpc) is 2.69. The van der Waals surface area contributed by atoms with Crippen molar-refractivity contribution in [3.05, 3.63) is 59.1 Å². The number of hydrogen-bond acceptors (Lipinski definition) is 2. The molecule has 0 radical (unpaired) electrons. The van der Waals surface area contributed by atoms with Crippen molar-refractivity contribution in [2.45, 2.75) is 51.4 Å². The maximum atomic E-state index is 12.3. The van der Waals surface area contributed by atoms with Crippen LogP contribution in [0.15, 0.2) is 48.5 Å². The van der Waals surface area contributed by atoms with Crippen molar-refractivity contribution < 1.29 is 9.53 Å². The highest BCUT2D eigenvalue weighted by Gasteiger charge is 2.24. The van der Waals surface area contributed by atoms with Gasteiger partial charge in [0.25, 0.3) is 0 Å². The summed E-state index contributed by atoms with van der Waals surface area (Å²) >= 11 is 5.88. The first-order valence-corrected chi connectivity index (χ1v) is 10.3. The predicted molar refractivity (Wildman–Crippen MR) is 112 cm³/mol. The molecule has 1 saturated carbocycles. The van der Waals surface area contributed by atoms with Crippen molar-refractivity contribution in [1.82, 2.24) is 0 Å². The Labute approximate surface area is 167 Å². The monoisotopic (exact) mass is 385 g/mol. The van der Waals surface area contributed by atoms with Crippen LogP contribution < -0.4 is 10.1 Å². The molecule has 1 N–H and O–H groups in total. The molecule has 2 aromatic carbocycles. The first-order chi connectivity index (χ1) is 13.1. The average molecular weight is 386 g/mol. The number of nitrogens with one attached hydrogen (secondary N) is 1. The van der Waals surface area contributed by atoms with Gasteiger partial charge in [0, 0.05) is 17.1 Å². The molecule has 0 spiro atoms. The predicted octanol–water partition coefficient (Wildman–Crippen LogP) is 6.43. The van der Waals surface area contributed by atoms with Crippen molar-refractivity contribution in [2.24, 2.45) is 5.92 Å². The summed E-state index contributed by atoms with van der Waals surface area (Å²) in [5, 5.41) is 3.65. The van der Waals surface area contributed by atoms with Crippen LogP contribution in [-0.4, -0.2) is 12.5 Å². The number of hydrogen-bond donors (Lipinski definition) is 1. The highest BCUT2D eigenvalue weighted by Crippen LogP contribution is 2.37. The van der Waals surface area contributed by atoms with Crippen LogP contribution in [0, 0.1) is 5.92 Å². The van der Waals surface area contributed by atoms with E-state index in [0.29, 0.717) is 23.3 Å². The second-order valence-electron chi connectivity index (χ2n) is 7.39. The van der Waals surface area contributed by atoms with Crippen LogP contribution in [0.2, 0.25) is 5.02 Å². The summed E-state index contributed by atoms with van der Waals surface area (Å²) in [5.41, 5.74) is 2.20. The summed E-state index contributed by atoms with van der Waals surface area (Å²) < 4.78 is 5.66. The van der Waals surface area contributed by atoms with Gasteiger partial charge in [-0.2, -0.15) is 0 Å². The molecule has 0 unspecified atom stereocenters. The molecule has 0 heterocycles. The molecule has 2 aromatic rings. The van der Waals surface area contributed by atoms with Crippen LogP contribution in [0.5, 0.6) is 5.75 Å². The third-order valence-corrected chi connectivity index (χ3v) is 5.53. The fraction of sp³-hybridized carbons (Fsp3) is 0.435. The lowest BCUT2D eigenvalue weighted by Crippen LogP contribution is -2.20. The van der Waals surface area contributed by atoms with Gasteiger partial charge in [0.15, 0.2) is 0 Å². The molecule has 0 aromatic heterocycles. The summed E-state index contributed by atoms with van der Waals surface area (Å²) in [4.78, 5) is 12.3. The number of ether oxygens (including phenoxy) is 1. The maximum Gasteiger partial charge on any atom is 0.224 e. The van der Waals surface area contributed by atoms with Gasteiger partial charge in [0.2, 0.25) is 5.91 Å². The van der Waals surface area contributed by atoms with Crippen molar-refractivity contribution in [2.75, 3.05) is 11.9 Å². The standard InChI is InChI=1S/C23H28ClNO2/c1-2-15-27-22-13-7-19(8-14-22)18-5-3-17(4-6-18)16-23(26)25-21-11-9-20(24)10-12-21/h7-14,17-18H,2-6,15-16H2,1H3,(H,25,26). The van der Waals surface area contributed by atoms with Crippen molar-refractivity contribution in [3.8, 4) is 5.75 Å². The Morgan fingerprint density at radius 2 is 1.70 bits per heavy atom. The van der Waals surface area contributed by atoms with E-state index in [0.717, 1.165) is 50.1 Å². The van der Waals surface area contributed by atoms with Crippen LogP contribution in [0.25, 0.3) is 0 Å². The van der Waals surface area contributed by atoms with Crippen LogP contribution >= 0.6 is 11.6 Å². The largest absolute Gasteiger partial charge is 0.494 e. The smallest absolute Gasteiger partial charge is 0.224 e. The molecule has 3 rings (SSSR count). The Morgan fingerprint density at radius 3 is 2.33 bits per heavy atom. The van der Waals surface area contributed by atoms with Gasteiger partial charge in [-0.3, -0.25) is 4.79 Å². The van der Waals surface area contributed by atoms with E-state index in [1.807, 2.05) is 12.1 Å². The topological polar surface area (TPSA) is 38.3 Å². The van der Waals surface area contributed by atoms with Gasteiger partial charge in [0.05, 0.1) is 6.61 Å². The zero-order valence-electron chi connectivity index (χ0n) is 15.9. The van der Waals surface area contributed by atoms with Crippen molar-refractivity contribution in [1.29, 1.82) is 0 Å². The van der Waals surface area contributed by atoms with Crippen LogP contribution in [-0.2, 0) is 4.79 Å². The first-order valence-electron chi connectivity index (χ1n) is 9.92. The SMILES string of the molecule is CCCOc1ccc(C2CCC(CC(=O)Nc3ccc(Cl)cc3)CC2)cc1. The van der Waals surface area contributed by atoms with Crippen LogP contribution in [0.3, 0.4) is 0 Å². The highest BCUT2D eigenvalue weighted by molar-refractivity contribution is 6.30. The molecular weight excluding hydrogens is 358 g/mol. The van der Waals surface area contributed by atoms with E-state index in [-0.39, 0.29) is 5.91 Å².